The second-order valence-corrected chi connectivity index (χ2v) is 3.46. The predicted octanol–water partition coefficient (Wildman–Crippen LogP) is 1.76. The van der Waals surface area contributed by atoms with Crippen LogP contribution in [0.1, 0.15) is 21.8 Å². The second-order valence-electron chi connectivity index (χ2n) is 3.46. The van der Waals surface area contributed by atoms with Gasteiger partial charge in [-0.05, 0) is 12.1 Å². The molecule has 0 saturated heterocycles. The van der Waals surface area contributed by atoms with Gasteiger partial charge in [-0.2, -0.15) is 0 Å². The molecule has 1 N–H and O–H groups in total. The number of phenols is 1. The summed E-state index contributed by atoms with van der Waals surface area (Å²) in [6.07, 6.45) is 0. The van der Waals surface area contributed by atoms with Crippen LogP contribution < -0.4 is 0 Å². The Balaban J connectivity index is 2.28. The first kappa shape index (κ1) is 11.3. The molecule has 5 heteroatoms. The first-order valence-corrected chi connectivity index (χ1v) is 4.99. The standard InChI is InChI=1S/C12H11NO4/c1-16-7-8-6-11(17-13-8)12(15)9-4-2-3-5-10(9)14/h2-6,14H,7H2,1H3. The Labute approximate surface area is 97.6 Å². The molecular weight excluding hydrogens is 222 g/mol. The van der Waals surface area contributed by atoms with Crippen LogP contribution in [0, 0.1) is 0 Å². The fourth-order valence-corrected chi connectivity index (χ4v) is 1.43. The lowest BCUT2D eigenvalue weighted by Crippen LogP contribution is -1.99. The van der Waals surface area contributed by atoms with E-state index in [0.29, 0.717) is 5.69 Å². The van der Waals surface area contributed by atoms with E-state index in [-0.39, 0.29) is 23.7 Å². The Bertz CT molecular complexity index is 533. The van der Waals surface area contributed by atoms with Gasteiger partial charge in [0.05, 0.1) is 12.2 Å². The summed E-state index contributed by atoms with van der Waals surface area (Å²) < 4.78 is 9.76. The van der Waals surface area contributed by atoms with Gasteiger partial charge in [-0.1, -0.05) is 17.3 Å². The van der Waals surface area contributed by atoms with Crippen molar-refractivity contribution in [1.29, 1.82) is 0 Å². The van der Waals surface area contributed by atoms with Crippen LogP contribution in [0.3, 0.4) is 0 Å². The molecule has 0 saturated carbocycles. The van der Waals surface area contributed by atoms with Crippen molar-refractivity contribution in [1.82, 2.24) is 5.16 Å². The van der Waals surface area contributed by atoms with E-state index in [1.807, 2.05) is 0 Å². The van der Waals surface area contributed by atoms with Gasteiger partial charge in [-0.3, -0.25) is 4.79 Å². The molecule has 0 atom stereocenters. The molecule has 0 radical (unpaired) electrons. The Morgan fingerprint density at radius 2 is 2.24 bits per heavy atom. The van der Waals surface area contributed by atoms with Gasteiger partial charge in [0.2, 0.25) is 11.5 Å². The monoisotopic (exact) mass is 233 g/mol. The number of ether oxygens (including phenoxy) is 1. The molecule has 0 aliphatic heterocycles. The minimum absolute atomic E-state index is 0.0813. The van der Waals surface area contributed by atoms with Crippen molar-refractivity contribution in [2.45, 2.75) is 6.61 Å². The highest BCUT2D eigenvalue weighted by Gasteiger charge is 2.17. The molecule has 88 valence electrons. The number of aromatic hydroxyl groups is 1. The number of benzene rings is 1. The highest BCUT2D eigenvalue weighted by Crippen LogP contribution is 2.20. The quantitative estimate of drug-likeness (QED) is 0.814. The van der Waals surface area contributed by atoms with Crippen molar-refractivity contribution >= 4 is 5.78 Å². The number of phenolic OH excluding ortho intramolecular Hbond substituents is 1. The summed E-state index contributed by atoms with van der Waals surface area (Å²) in [7, 11) is 1.53. The van der Waals surface area contributed by atoms with Crippen LogP contribution in [-0.4, -0.2) is 23.2 Å². The number of aromatic nitrogens is 1. The van der Waals surface area contributed by atoms with E-state index in [0.717, 1.165) is 0 Å². The maximum Gasteiger partial charge on any atom is 0.234 e. The van der Waals surface area contributed by atoms with Gasteiger partial charge in [-0.15, -0.1) is 0 Å². The van der Waals surface area contributed by atoms with Crippen LogP contribution >= 0.6 is 0 Å². The van der Waals surface area contributed by atoms with E-state index in [1.165, 1.54) is 25.3 Å². The third kappa shape index (κ3) is 2.34. The molecule has 17 heavy (non-hydrogen) atoms. The first-order valence-electron chi connectivity index (χ1n) is 4.99. The normalized spacial score (nSPS) is 10.4. The lowest BCUT2D eigenvalue weighted by Gasteiger charge is -1.99. The maximum atomic E-state index is 12.0. The Hall–Kier alpha value is -2.14. The van der Waals surface area contributed by atoms with Crippen LogP contribution in [0.4, 0.5) is 0 Å². The number of hydrogen-bond donors (Lipinski definition) is 1. The molecule has 0 amide bonds. The first-order chi connectivity index (χ1) is 8.22. The number of rotatable bonds is 4. The zero-order valence-corrected chi connectivity index (χ0v) is 9.21. The largest absolute Gasteiger partial charge is 0.507 e. The summed E-state index contributed by atoms with van der Waals surface area (Å²) >= 11 is 0. The number of carbonyl (C=O) groups excluding carboxylic acids is 1. The van der Waals surface area contributed by atoms with E-state index in [1.54, 1.807) is 12.1 Å². The van der Waals surface area contributed by atoms with Crippen LogP contribution in [0.5, 0.6) is 5.75 Å². The second kappa shape index (κ2) is 4.80. The molecule has 0 unspecified atom stereocenters. The van der Waals surface area contributed by atoms with Gasteiger partial charge in [0.25, 0.3) is 0 Å². The van der Waals surface area contributed by atoms with Crippen molar-refractivity contribution in [2.75, 3.05) is 7.11 Å². The van der Waals surface area contributed by atoms with Gasteiger partial charge in [0.15, 0.2) is 0 Å². The van der Waals surface area contributed by atoms with Crippen LogP contribution in [-0.2, 0) is 11.3 Å². The van der Waals surface area contributed by atoms with Gasteiger partial charge >= 0.3 is 0 Å². The minimum Gasteiger partial charge on any atom is -0.507 e. The minimum atomic E-state index is -0.405. The lowest BCUT2D eigenvalue weighted by atomic mass is 10.1. The summed E-state index contributed by atoms with van der Waals surface area (Å²) in [4.78, 5) is 12.0. The highest BCUT2D eigenvalue weighted by molar-refractivity contribution is 6.08. The van der Waals surface area contributed by atoms with E-state index < -0.39 is 5.78 Å². The molecule has 1 aromatic carbocycles. The third-order valence-corrected chi connectivity index (χ3v) is 2.22. The summed E-state index contributed by atoms with van der Waals surface area (Å²) in [6.45, 7) is 0.275. The zero-order chi connectivity index (χ0) is 12.3. The molecule has 0 fully saturated rings. The lowest BCUT2D eigenvalue weighted by molar-refractivity contribution is 0.0997. The topological polar surface area (TPSA) is 72.6 Å². The number of nitrogens with zero attached hydrogens (tertiary/aromatic N) is 1. The molecule has 0 aliphatic rings. The van der Waals surface area contributed by atoms with Crippen molar-refractivity contribution < 1.29 is 19.2 Å². The fourth-order valence-electron chi connectivity index (χ4n) is 1.43. The van der Waals surface area contributed by atoms with Gasteiger partial charge < -0.3 is 14.4 Å². The smallest absolute Gasteiger partial charge is 0.234 e. The van der Waals surface area contributed by atoms with Gasteiger partial charge in [-0.25, -0.2) is 0 Å². The number of para-hydroxylation sites is 1. The van der Waals surface area contributed by atoms with E-state index >= 15 is 0 Å². The summed E-state index contributed by atoms with van der Waals surface area (Å²) in [6, 6.07) is 7.77. The predicted molar refractivity (Wildman–Crippen MR) is 58.8 cm³/mol. The molecule has 0 spiro atoms. The highest BCUT2D eigenvalue weighted by atomic mass is 16.5. The van der Waals surface area contributed by atoms with Gasteiger partial charge in [0.1, 0.15) is 11.4 Å². The van der Waals surface area contributed by atoms with Crippen molar-refractivity contribution in [2.24, 2.45) is 0 Å². The number of hydrogen-bond acceptors (Lipinski definition) is 5. The molecular formula is C12H11NO4. The number of carbonyl (C=O) groups is 1. The molecule has 0 aliphatic carbocycles. The summed E-state index contributed by atoms with van der Waals surface area (Å²) in [5, 5.41) is 13.2. The molecule has 2 rings (SSSR count). The van der Waals surface area contributed by atoms with Crippen molar-refractivity contribution in [3.63, 3.8) is 0 Å². The van der Waals surface area contributed by atoms with Crippen LogP contribution in [0.2, 0.25) is 0 Å². The Morgan fingerprint density at radius 1 is 1.47 bits per heavy atom. The van der Waals surface area contributed by atoms with E-state index in [2.05, 4.69) is 5.16 Å². The average molecular weight is 233 g/mol. The molecule has 0 bridgehead atoms. The van der Waals surface area contributed by atoms with Gasteiger partial charge in [0, 0.05) is 13.2 Å². The number of ketones is 1. The fraction of sp³-hybridized carbons (Fsp3) is 0.167. The van der Waals surface area contributed by atoms with E-state index in [4.69, 9.17) is 9.26 Å². The van der Waals surface area contributed by atoms with Crippen LogP contribution in [0.25, 0.3) is 0 Å². The molecule has 1 aromatic heterocycles. The Morgan fingerprint density at radius 3 is 2.94 bits per heavy atom. The summed E-state index contributed by atoms with van der Waals surface area (Å²) in [5.74, 6) is -0.404. The van der Waals surface area contributed by atoms with Crippen molar-refractivity contribution in [3.8, 4) is 5.75 Å². The third-order valence-electron chi connectivity index (χ3n) is 2.22. The van der Waals surface area contributed by atoms with Crippen molar-refractivity contribution in [3.05, 3.63) is 47.3 Å². The maximum absolute atomic E-state index is 12.0. The molecule has 2 aromatic rings. The Kier molecular flexibility index (Phi) is 3.20. The summed E-state index contributed by atoms with van der Waals surface area (Å²) in [5.41, 5.74) is 0.721. The number of methoxy groups -OCH3 is 1. The molecule has 1 heterocycles. The zero-order valence-electron chi connectivity index (χ0n) is 9.21. The average Bonchev–Trinajstić information content (AvgIpc) is 2.78. The van der Waals surface area contributed by atoms with Crippen LogP contribution in [0.15, 0.2) is 34.9 Å². The molecule has 5 nitrogen and oxygen atoms in total. The SMILES string of the molecule is COCc1cc(C(=O)c2ccccc2O)on1. The van der Waals surface area contributed by atoms with E-state index in [9.17, 15) is 9.90 Å².